The molecule has 3 rings (SSSR count). The van der Waals surface area contributed by atoms with Gasteiger partial charge in [-0.1, -0.05) is 6.07 Å². The second-order valence-corrected chi connectivity index (χ2v) is 6.33. The summed E-state index contributed by atoms with van der Waals surface area (Å²) in [5.74, 6) is -1.76. The molecule has 1 aromatic heterocycles. The first kappa shape index (κ1) is 20.3. The van der Waals surface area contributed by atoms with Crippen LogP contribution in [0.3, 0.4) is 0 Å². The van der Waals surface area contributed by atoms with E-state index in [4.69, 9.17) is 0 Å². The van der Waals surface area contributed by atoms with Crippen molar-refractivity contribution >= 4 is 28.8 Å². The third kappa shape index (κ3) is 4.87. The Morgan fingerprint density at radius 3 is 2.17 bits per heavy atom. The molecule has 3 aromatic rings. The molecule has 150 valence electrons. The van der Waals surface area contributed by atoms with Gasteiger partial charge in [-0.15, -0.1) is 0 Å². The fraction of sp³-hybridized carbons (Fsp3) is 0.182. The SMILES string of the molecule is CCN(CC)c1ccc(Nc2ccc(C(=O)Nc3c(F)cccc3F)cn2)cc1. The smallest absolute Gasteiger partial charge is 0.257 e. The second-order valence-electron chi connectivity index (χ2n) is 6.33. The van der Waals surface area contributed by atoms with Gasteiger partial charge >= 0.3 is 0 Å². The van der Waals surface area contributed by atoms with Gasteiger partial charge in [-0.2, -0.15) is 0 Å². The quantitative estimate of drug-likeness (QED) is 0.576. The molecular weight excluding hydrogens is 374 g/mol. The number of para-hydroxylation sites is 1. The van der Waals surface area contributed by atoms with E-state index < -0.39 is 23.2 Å². The van der Waals surface area contributed by atoms with Crippen LogP contribution >= 0.6 is 0 Å². The largest absolute Gasteiger partial charge is 0.372 e. The molecule has 0 radical (unpaired) electrons. The van der Waals surface area contributed by atoms with Crippen molar-refractivity contribution in [1.82, 2.24) is 4.98 Å². The Labute approximate surface area is 168 Å². The summed E-state index contributed by atoms with van der Waals surface area (Å²) in [6.45, 7) is 6.09. The zero-order valence-electron chi connectivity index (χ0n) is 16.2. The van der Waals surface area contributed by atoms with E-state index in [0.29, 0.717) is 5.82 Å². The lowest BCUT2D eigenvalue weighted by Gasteiger charge is -2.21. The Balaban J connectivity index is 1.66. The van der Waals surface area contributed by atoms with Gasteiger partial charge in [-0.05, 0) is 62.4 Å². The summed E-state index contributed by atoms with van der Waals surface area (Å²) in [6, 6.07) is 14.5. The first-order valence-corrected chi connectivity index (χ1v) is 9.35. The Bertz CT molecular complexity index is 951. The summed E-state index contributed by atoms with van der Waals surface area (Å²) in [5, 5.41) is 5.40. The number of nitrogens with one attached hydrogen (secondary N) is 2. The van der Waals surface area contributed by atoms with E-state index in [-0.39, 0.29) is 5.56 Å². The highest BCUT2D eigenvalue weighted by molar-refractivity contribution is 6.04. The third-order valence-corrected chi connectivity index (χ3v) is 4.50. The Hall–Kier alpha value is -3.48. The molecule has 7 heteroatoms. The van der Waals surface area contributed by atoms with Crippen LogP contribution in [0.2, 0.25) is 0 Å². The molecule has 1 amide bonds. The van der Waals surface area contributed by atoms with Crippen LogP contribution in [0.15, 0.2) is 60.8 Å². The van der Waals surface area contributed by atoms with Crippen LogP contribution in [0.5, 0.6) is 0 Å². The van der Waals surface area contributed by atoms with E-state index in [9.17, 15) is 13.6 Å². The molecule has 0 atom stereocenters. The number of carbonyl (C=O) groups excluding carboxylic acids is 1. The minimum Gasteiger partial charge on any atom is -0.372 e. The van der Waals surface area contributed by atoms with Gasteiger partial charge < -0.3 is 15.5 Å². The number of hydrogen-bond acceptors (Lipinski definition) is 4. The molecule has 0 saturated carbocycles. The number of benzene rings is 2. The topological polar surface area (TPSA) is 57.3 Å². The van der Waals surface area contributed by atoms with Gasteiger partial charge in [0.1, 0.15) is 23.1 Å². The zero-order chi connectivity index (χ0) is 20.8. The van der Waals surface area contributed by atoms with Crippen LogP contribution in [0.1, 0.15) is 24.2 Å². The fourth-order valence-corrected chi connectivity index (χ4v) is 2.90. The summed E-state index contributed by atoms with van der Waals surface area (Å²) in [4.78, 5) is 18.7. The van der Waals surface area contributed by atoms with E-state index in [1.807, 2.05) is 24.3 Å². The predicted octanol–water partition coefficient (Wildman–Crippen LogP) is 5.20. The lowest BCUT2D eigenvalue weighted by atomic mass is 10.2. The normalized spacial score (nSPS) is 10.5. The van der Waals surface area contributed by atoms with Crippen molar-refractivity contribution < 1.29 is 13.6 Å². The highest BCUT2D eigenvalue weighted by atomic mass is 19.1. The lowest BCUT2D eigenvalue weighted by molar-refractivity contribution is 0.102. The molecule has 2 N–H and O–H groups in total. The molecule has 0 saturated heterocycles. The van der Waals surface area contributed by atoms with Crippen molar-refractivity contribution in [3.63, 3.8) is 0 Å². The number of halogens is 2. The summed E-state index contributed by atoms with van der Waals surface area (Å²) in [6.07, 6.45) is 1.35. The van der Waals surface area contributed by atoms with Crippen LogP contribution < -0.4 is 15.5 Å². The van der Waals surface area contributed by atoms with Crippen molar-refractivity contribution in [2.75, 3.05) is 28.6 Å². The number of hydrogen-bond donors (Lipinski definition) is 2. The molecule has 2 aromatic carbocycles. The van der Waals surface area contributed by atoms with E-state index in [1.54, 1.807) is 6.07 Å². The summed E-state index contributed by atoms with van der Waals surface area (Å²) >= 11 is 0. The minimum absolute atomic E-state index is 0.190. The van der Waals surface area contributed by atoms with Gasteiger partial charge in [-0.25, -0.2) is 13.8 Å². The molecule has 0 fully saturated rings. The first-order chi connectivity index (χ1) is 14.0. The van der Waals surface area contributed by atoms with Gasteiger partial charge in [0.15, 0.2) is 0 Å². The monoisotopic (exact) mass is 396 g/mol. The highest BCUT2D eigenvalue weighted by Crippen LogP contribution is 2.21. The van der Waals surface area contributed by atoms with Gasteiger partial charge in [0.25, 0.3) is 5.91 Å². The number of rotatable bonds is 7. The predicted molar refractivity (Wildman–Crippen MR) is 112 cm³/mol. The number of amides is 1. The maximum Gasteiger partial charge on any atom is 0.257 e. The van der Waals surface area contributed by atoms with E-state index >= 15 is 0 Å². The van der Waals surface area contributed by atoms with Crippen molar-refractivity contribution in [3.8, 4) is 0 Å². The number of nitrogens with zero attached hydrogens (tertiary/aromatic N) is 2. The van der Waals surface area contributed by atoms with Gasteiger partial charge in [0.2, 0.25) is 0 Å². The lowest BCUT2D eigenvalue weighted by Crippen LogP contribution is -2.21. The molecule has 5 nitrogen and oxygen atoms in total. The van der Waals surface area contributed by atoms with Crippen LogP contribution in [0.4, 0.5) is 31.7 Å². The van der Waals surface area contributed by atoms with Crippen molar-refractivity contribution in [2.45, 2.75) is 13.8 Å². The maximum atomic E-state index is 13.7. The van der Waals surface area contributed by atoms with Crippen molar-refractivity contribution in [1.29, 1.82) is 0 Å². The van der Waals surface area contributed by atoms with Crippen LogP contribution in [0, 0.1) is 11.6 Å². The molecule has 1 heterocycles. The van der Waals surface area contributed by atoms with Crippen LogP contribution in [0.25, 0.3) is 0 Å². The molecule has 29 heavy (non-hydrogen) atoms. The third-order valence-electron chi connectivity index (χ3n) is 4.50. The number of aromatic nitrogens is 1. The van der Waals surface area contributed by atoms with E-state index in [1.165, 1.54) is 18.3 Å². The van der Waals surface area contributed by atoms with E-state index in [2.05, 4.69) is 34.4 Å². The average Bonchev–Trinajstić information content (AvgIpc) is 2.73. The van der Waals surface area contributed by atoms with Crippen molar-refractivity contribution in [3.05, 3.63) is 78.0 Å². The van der Waals surface area contributed by atoms with Gasteiger partial charge in [-0.3, -0.25) is 4.79 Å². The summed E-state index contributed by atoms with van der Waals surface area (Å²) < 4.78 is 27.3. The molecule has 0 aliphatic heterocycles. The first-order valence-electron chi connectivity index (χ1n) is 9.35. The number of carbonyl (C=O) groups is 1. The van der Waals surface area contributed by atoms with Gasteiger partial charge in [0, 0.05) is 30.7 Å². The minimum atomic E-state index is -0.835. The zero-order valence-corrected chi connectivity index (χ0v) is 16.2. The maximum absolute atomic E-state index is 13.7. The standard InChI is InChI=1S/C22H22F2N4O/c1-3-28(4-2)17-11-9-16(10-12-17)26-20-13-8-15(14-25-20)22(29)27-21-18(23)6-5-7-19(21)24/h5-14H,3-4H2,1-2H3,(H,25,26)(H,27,29). The van der Waals surface area contributed by atoms with E-state index in [0.717, 1.165) is 36.6 Å². The Morgan fingerprint density at radius 2 is 1.62 bits per heavy atom. The van der Waals surface area contributed by atoms with Crippen LogP contribution in [-0.4, -0.2) is 24.0 Å². The summed E-state index contributed by atoms with van der Waals surface area (Å²) in [5.41, 5.74) is 1.71. The Morgan fingerprint density at radius 1 is 0.966 bits per heavy atom. The molecular formula is C22H22F2N4O. The van der Waals surface area contributed by atoms with Crippen molar-refractivity contribution in [2.24, 2.45) is 0 Å². The molecule has 0 unspecified atom stereocenters. The molecule has 0 aliphatic rings. The number of pyridine rings is 1. The van der Waals surface area contributed by atoms with Crippen LogP contribution in [-0.2, 0) is 0 Å². The van der Waals surface area contributed by atoms with Gasteiger partial charge in [0.05, 0.1) is 5.56 Å². The fourth-order valence-electron chi connectivity index (χ4n) is 2.90. The second kappa shape index (κ2) is 9.14. The average molecular weight is 396 g/mol. The Kier molecular flexibility index (Phi) is 6.39. The number of anilines is 4. The summed E-state index contributed by atoms with van der Waals surface area (Å²) in [7, 11) is 0. The molecule has 0 bridgehead atoms. The molecule has 0 aliphatic carbocycles. The highest BCUT2D eigenvalue weighted by Gasteiger charge is 2.13. The molecule has 0 spiro atoms.